The van der Waals surface area contributed by atoms with Gasteiger partial charge in [0.2, 0.25) is 11.8 Å². The van der Waals surface area contributed by atoms with Crippen molar-refractivity contribution < 1.29 is 14.7 Å². The molecule has 0 spiro atoms. The lowest BCUT2D eigenvalue weighted by molar-refractivity contribution is -0.140. The number of hydrogen-bond acceptors (Lipinski definition) is 7. The lowest BCUT2D eigenvalue weighted by atomic mass is 9.91. The number of nitrogens with one attached hydrogen (secondary N) is 2. The average molecular weight is 857 g/mol. The predicted octanol–water partition coefficient (Wildman–Crippen LogP) is 9.28. The topological polar surface area (TPSA) is 125 Å². The van der Waals surface area contributed by atoms with Gasteiger partial charge in [-0.15, -0.1) is 0 Å². The van der Waals surface area contributed by atoms with Crippen LogP contribution in [0.2, 0.25) is 0 Å². The summed E-state index contributed by atoms with van der Waals surface area (Å²) in [6.45, 7) is 6.58. The molecule has 4 aliphatic rings. The van der Waals surface area contributed by atoms with E-state index in [1.54, 1.807) is 0 Å². The molecule has 4 fully saturated rings. The maximum Gasteiger partial charge on any atom is 0.245 e. The second kappa shape index (κ2) is 18.3. The minimum Gasteiger partial charge on any atom is -0.390 e. The molecule has 64 heavy (non-hydrogen) atoms. The zero-order valence-corrected chi connectivity index (χ0v) is 36.9. The van der Waals surface area contributed by atoms with Crippen LogP contribution >= 0.6 is 0 Å². The normalized spacial score (nSPS) is 21.5. The quantitative estimate of drug-likeness (QED) is 0.119. The van der Waals surface area contributed by atoms with Gasteiger partial charge in [0.1, 0.15) is 23.7 Å². The third kappa shape index (κ3) is 8.68. The van der Waals surface area contributed by atoms with Gasteiger partial charge in [0.15, 0.2) is 0 Å². The molecule has 10 rings (SSSR count). The molecular weight excluding hydrogens is 797 g/mol. The second-order valence-electron chi connectivity index (χ2n) is 18.7. The molecular formula is C53H60N8O3. The number of aromatic amines is 2. The van der Waals surface area contributed by atoms with E-state index in [2.05, 4.69) is 85.3 Å². The maximum absolute atomic E-state index is 14.5. The highest BCUT2D eigenvalue weighted by molar-refractivity contribution is 5.85. The van der Waals surface area contributed by atoms with Crippen LogP contribution in [0.5, 0.6) is 0 Å². The Labute approximate surface area is 376 Å². The summed E-state index contributed by atoms with van der Waals surface area (Å²) in [5.41, 5.74) is 7.55. The Kier molecular flexibility index (Phi) is 12.0. The first-order valence-electron chi connectivity index (χ1n) is 23.5. The van der Waals surface area contributed by atoms with Crippen molar-refractivity contribution in [2.24, 2.45) is 0 Å². The van der Waals surface area contributed by atoms with Crippen molar-refractivity contribution in [1.82, 2.24) is 39.5 Å². The van der Waals surface area contributed by atoms with E-state index in [9.17, 15) is 14.7 Å². The molecule has 11 nitrogen and oxygen atoms in total. The zero-order valence-electron chi connectivity index (χ0n) is 36.9. The molecule has 3 N–H and O–H groups in total. The SMILES string of the molecule is CC1(O)CCN([C@@H](C(=O)N2CCC[C@H]2c2ncc(-c3ccc(-c4ccc(-c5cnc([C@@H]6CCCN6C(=O)[C@@H](c6ccccc6)N6CCCCC6)[nH]5)cc4)cc3)[nH]2)c2ccccc2)CC1. The van der Waals surface area contributed by atoms with Gasteiger partial charge in [0.25, 0.3) is 0 Å². The molecule has 0 unspecified atom stereocenters. The summed E-state index contributed by atoms with van der Waals surface area (Å²) >= 11 is 0. The molecule has 0 saturated carbocycles. The number of aromatic nitrogens is 4. The van der Waals surface area contributed by atoms with E-state index in [-0.39, 0.29) is 29.9 Å². The van der Waals surface area contributed by atoms with Gasteiger partial charge < -0.3 is 24.9 Å². The van der Waals surface area contributed by atoms with Gasteiger partial charge in [-0.1, -0.05) is 116 Å². The molecule has 6 heterocycles. The smallest absolute Gasteiger partial charge is 0.245 e. The van der Waals surface area contributed by atoms with E-state index in [1.165, 1.54) is 6.42 Å². The maximum atomic E-state index is 14.5. The zero-order chi connectivity index (χ0) is 43.6. The van der Waals surface area contributed by atoms with Crippen molar-refractivity contribution in [3.05, 3.63) is 144 Å². The summed E-state index contributed by atoms with van der Waals surface area (Å²) in [6, 6.07) is 36.6. The van der Waals surface area contributed by atoms with E-state index < -0.39 is 11.6 Å². The Morgan fingerprint density at radius 1 is 0.547 bits per heavy atom. The molecule has 4 aliphatic heterocycles. The largest absolute Gasteiger partial charge is 0.390 e. The standard InChI is InChI=1S/C53H60N8O3/c1-53(64)27-33-59(34-28-53)48(42-15-7-3-8-16-42)52(63)61-32-12-18-46(61)50-55-36-44(57-50)40-25-21-38(22-26-40)37-19-23-39(24-20-37)43-35-54-49(56-43)45-17-11-31-60(45)51(62)47(41-13-5-2-6-14-41)58-29-9-4-10-30-58/h2-3,5-8,13-16,19-26,35-36,45-48,64H,4,9-12,17-18,27-34H2,1H3,(H,54,56)(H,55,57)/t45-,46-,47+,48+/m0/s1. The first-order chi connectivity index (χ1) is 31.3. The Balaban J connectivity index is 0.802. The number of carbonyl (C=O) groups is 2. The molecule has 0 radical (unpaired) electrons. The van der Waals surface area contributed by atoms with Crippen molar-refractivity contribution >= 4 is 11.8 Å². The summed E-state index contributed by atoms with van der Waals surface area (Å²) in [5.74, 6) is 1.95. The number of imidazole rings is 2. The molecule has 330 valence electrons. The lowest BCUT2D eigenvalue weighted by Gasteiger charge is -2.41. The van der Waals surface area contributed by atoms with Crippen molar-refractivity contribution in [2.75, 3.05) is 39.3 Å². The van der Waals surface area contributed by atoms with E-state index >= 15 is 0 Å². The minimum absolute atomic E-state index is 0.0717. The number of amides is 2. The number of rotatable bonds is 11. The monoisotopic (exact) mass is 856 g/mol. The van der Waals surface area contributed by atoms with Crippen molar-refractivity contribution in [3.8, 4) is 33.6 Å². The lowest BCUT2D eigenvalue weighted by Crippen LogP contribution is -2.49. The Bertz CT molecular complexity index is 2500. The van der Waals surface area contributed by atoms with Gasteiger partial charge >= 0.3 is 0 Å². The fourth-order valence-electron chi connectivity index (χ4n) is 10.7. The predicted molar refractivity (Wildman–Crippen MR) is 250 cm³/mol. The highest BCUT2D eigenvalue weighted by Crippen LogP contribution is 2.39. The third-order valence-electron chi connectivity index (χ3n) is 14.3. The van der Waals surface area contributed by atoms with Gasteiger partial charge in [0, 0.05) is 26.2 Å². The molecule has 2 aromatic heterocycles. The van der Waals surface area contributed by atoms with Crippen LogP contribution in [0.25, 0.3) is 33.6 Å². The molecule has 6 aromatic rings. The van der Waals surface area contributed by atoms with Crippen LogP contribution in [0.1, 0.15) is 112 Å². The van der Waals surface area contributed by atoms with Crippen LogP contribution in [0.15, 0.2) is 122 Å². The number of aliphatic hydroxyl groups is 1. The highest BCUT2D eigenvalue weighted by atomic mass is 16.3. The number of piperidine rings is 2. The summed E-state index contributed by atoms with van der Waals surface area (Å²) in [6.07, 6.45) is 12.2. The Morgan fingerprint density at radius 3 is 1.39 bits per heavy atom. The number of nitrogens with zero attached hydrogens (tertiary/aromatic N) is 6. The number of carbonyl (C=O) groups excluding carboxylic acids is 2. The van der Waals surface area contributed by atoms with E-state index in [0.717, 1.165) is 115 Å². The summed E-state index contributed by atoms with van der Waals surface area (Å²) in [4.78, 5) is 54.5. The summed E-state index contributed by atoms with van der Waals surface area (Å²) in [5, 5.41) is 10.7. The van der Waals surface area contributed by atoms with E-state index in [1.807, 2.05) is 72.7 Å². The van der Waals surface area contributed by atoms with Crippen LogP contribution in [0.4, 0.5) is 0 Å². The molecule has 2 amide bonds. The van der Waals surface area contributed by atoms with Crippen LogP contribution in [0, 0.1) is 0 Å². The van der Waals surface area contributed by atoms with Crippen LogP contribution < -0.4 is 0 Å². The minimum atomic E-state index is -0.695. The van der Waals surface area contributed by atoms with Crippen molar-refractivity contribution in [3.63, 3.8) is 0 Å². The molecule has 4 saturated heterocycles. The second-order valence-corrected chi connectivity index (χ2v) is 18.7. The van der Waals surface area contributed by atoms with E-state index in [0.29, 0.717) is 32.5 Å². The number of benzene rings is 4. The van der Waals surface area contributed by atoms with Gasteiger partial charge in [-0.2, -0.15) is 0 Å². The third-order valence-corrected chi connectivity index (χ3v) is 14.3. The van der Waals surface area contributed by atoms with E-state index in [4.69, 9.17) is 9.97 Å². The van der Waals surface area contributed by atoms with Gasteiger partial charge in [-0.3, -0.25) is 19.4 Å². The Morgan fingerprint density at radius 2 is 0.953 bits per heavy atom. The molecule has 11 heteroatoms. The first kappa shape index (κ1) is 42.1. The molecule has 0 bridgehead atoms. The van der Waals surface area contributed by atoms with Crippen molar-refractivity contribution in [2.45, 2.75) is 94.5 Å². The summed E-state index contributed by atoms with van der Waals surface area (Å²) in [7, 11) is 0. The molecule has 0 aliphatic carbocycles. The average Bonchev–Trinajstić information content (AvgIpc) is 4.19. The van der Waals surface area contributed by atoms with Crippen molar-refractivity contribution in [1.29, 1.82) is 0 Å². The Hall–Kier alpha value is -5.88. The van der Waals surface area contributed by atoms with Gasteiger partial charge in [0.05, 0.1) is 41.5 Å². The fourth-order valence-corrected chi connectivity index (χ4v) is 10.7. The molecule has 4 aromatic carbocycles. The van der Waals surface area contributed by atoms with Gasteiger partial charge in [-0.25, -0.2) is 9.97 Å². The first-order valence-corrected chi connectivity index (χ1v) is 23.5. The summed E-state index contributed by atoms with van der Waals surface area (Å²) < 4.78 is 0. The number of H-pyrrole nitrogens is 2. The number of likely N-dealkylation sites (tertiary alicyclic amines) is 4. The van der Waals surface area contributed by atoms with Gasteiger partial charge in [-0.05, 0) is 105 Å². The van der Waals surface area contributed by atoms with Crippen LogP contribution in [-0.2, 0) is 9.59 Å². The number of hydrogen-bond donors (Lipinski definition) is 3. The molecule has 4 atom stereocenters. The highest BCUT2D eigenvalue weighted by Gasteiger charge is 2.42. The van der Waals surface area contributed by atoms with Crippen LogP contribution in [0.3, 0.4) is 0 Å². The fraction of sp³-hybridized carbons (Fsp3) is 0.396. The van der Waals surface area contributed by atoms with Crippen LogP contribution in [-0.4, -0.2) is 101 Å².